The summed E-state index contributed by atoms with van der Waals surface area (Å²) in [5.74, 6) is -0.938. The Morgan fingerprint density at radius 2 is 1.96 bits per heavy atom. The van der Waals surface area contributed by atoms with Crippen LogP contribution in [-0.2, 0) is 0 Å². The van der Waals surface area contributed by atoms with Crippen molar-refractivity contribution in [2.45, 2.75) is 6.42 Å². The van der Waals surface area contributed by atoms with Gasteiger partial charge in [-0.05, 0) is 18.6 Å². The summed E-state index contributed by atoms with van der Waals surface area (Å²) in [5.41, 5.74) is 0.520. The molecule has 0 spiro atoms. The van der Waals surface area contributed by atoms with Gasteiger partial charge in [0, 0.05) is 50.2 Å². The summed E-state index contributed by atoms with van der Waals surface area (Å²) in [6.45, 7) is 1.84. The predicted octanol–water partition coefficient (Wildman–Crippen LogP) is 2.49. The minimum atomic E-state index is -0.780. The molecule has 1 aromatic carbocycles. The lowest BCUT2D eigenvalue weighted by molar-refractivity contribution is -0.384. The van der Waals surface area contributed by atoms with E-state index in [1.165, 1.54) is 13.2 Å². The molecule has 0 unspecified atom stereocenters. The lowest BCUT2D eigenvalue weighted by Gasteiger charge is -2.24. The number of amides is 1. The second kappa shape index (κ2) is 7.98. The third-order valence-electron chi connectivity index (χ3n) is 4.50. The second-order valence-corrected chi connectivity index (χ2v) is 6.10. The Bertz CT molecular complexity index is 847. The fourth-order valence-corrected chi connectivity index (χ4v) is 3.13. The third-order valence-corrected chi connectivity index (χ3v) is 4.50. The van der Waals surface area contributed by atoms with Crippen molar-refractivity contribution in [3.63, 3.8) is 0 Å². The average Bonchev–Trinajstić information content (AvgIpc) is 2.94. The normalized spacial score (nSPS) is 14.6. The lowest BCUT2D eigenvalue weighted by Crippen LogP contribution is -2.35. The minimum Gasteiger partial charge on any atom is -0.494 e. The highest BCUT2D eigenvalue weighted by Gasteiger charge is 2.26. The molecule has 0 aliphatic carbocycles. The van der Waals surface area contributed by atoms with Gasteiger partial charge in [-0.25, -0.2) is 4.39 Å². The van der Waals surface area contributed by atoms with Crippen LogP contribution in [0, 0.1) is 15.9 Å². The molecule has 8 nitrogen and oxygen atoms in total. The van der Waals surface area contributed by atoms with Gasteiger partial charge in [0.1, 0.15) is 5.69 Å². The summed E-state index contributed by atoms with van der Waals surface area (Å²) in [6.07, 6.45) is 3.75. The van der Waals surface area contributed by atoms with Crippen LogP contribution in [0.1, 0.15) is 16.8 Å². The Morgan fingerprint density at radius 1 is 1.22 bits per heavy atom. The first kappa shape index (κ1) is 18.6. The Kier molecular flexibility index (Phi) is 5.49. The second-order valence-electron chi connectivity index (χ2n) is 6.10. The van der Waals surface area contributed by atoms with E-state index in [-0.39, 0.29) is 23.0 Å². The van der Waals surface area contributed by atoms with Crippen LogP contribution < -0.4 is 9.64 Å². The molecule has 1 aromatic heterocycles. The van der Waals surface area contributed by atoms with Crippen molar-refractivity contribution in [1.29, 1.82) is 0 Å². The van der Waals surface area contributed by atoms with Crippen LogP contribution in [0.3, 0.4) is 0 Å². The molecule has 0 radical (unpaired) electrons. The van der Waals surface area contributed by atoms with E-state index in [2.05, 4.69) is 4.98 Å². The zero-order chi connectivity index (χ0) is 19.4. The number of methoxy groups -OCH3 is 1. The minimum absolute atomic E-state index is 0.0513. The molecular weight excluding hydrogens is 355 g/mol. The molecule has 0 bridgehead atoms. The number of anilines is 1. The number of nitro benzene ring substituents is 1. The number of rotatable bonds is 4. The van der Waals surface area contributed by atoms with Crippen LogP contribution in [0.25, 0.3) is 0 Å². The molecule has 1 fully saturated rings. The number of hydrogen-bond acceptors (Lipinski definition) is 6. The van der Waals surface area contributed by atoms with E-state index < -0.39 is 10.7 Å². The molecule has 3 rings (SSSR count). The van der Waals surface area contributed by atoms with Gasteiger partial charge in [-0.2, -0.15) is 0 Å². The average molecular weight is 374 g/mol. The highest BCUT2D eigenvalue weighted by atomic mass is 19.1. The number of aromatic nitrogens is 1. The molecule has 1 aliphatic rings. The first-order chi connectivity index (χ1) is 13.0. The molecule has 2 heterocycles. The van der Waals surface area contributed by atoms with Crippen LogP contribution in [0.4, 0.5) is 15.8 Å². The number of benzene rings is 1. The molecule has 1 amide bonds. The number of ether oxygens (including phenoxy) is 1. The van der Waals surface area contributed by atoms with Crippen molar-refractivity contribution in [1.82, 2.24) is 9.88 Å². The summed E-state index contributed by atoms with van der Waals surface area (Å²) >= 11 is 0. The van der Waals surface area contributed by atoms with Gasteiger partial charge in [0.15, 0.2) is 11.6 Å². The smallest absolute Gasteiger partial charge is 0.295 e. The summed E-state index contributed by atoms with van der Waals surface area (Å²) < 4.78 is 18.9. The molecule has 0 atom stereocenters. The van der Waals surface area contributed by atoms with E-state index in [1.54, 1.807) is 34.3 Å². The van der Waals surface area contributed by atoms with Crippen LogP contribution in [0.5, 0.6) is 5.75 Å². The molecule has 1 saturated heterocycles. The first-order valence-electron chi connectivity index (χ1n) is 8.47. The fraction of sp³-hybridized carbons (Fsp3) is 0.333. The number of halogens is 1. The van der Waals surface area contributed by atoms with E-state index in [1.807, 2.05) is 0 Å². The van der Waals surface area contributed by atoms with Gasteiger partial charge >= 0.3 is 0 Å². The Morgan fingerprint density at radius 3 is 2.63 bits per heavy atom. The van der Waals surface area contributed by atoms with Crippen LogP contribution in [0.2, 0.25) is 0 Å². The van der Waals surface area contributed by atoms with Gasteiger partial charge in [0.2, 0.25) is 0 Å². The highest BCUT2D eigenvalue weighted by Crippen LogP contribution is 2.35. The summed E-state index contributed by atoms with van der Waals surface area (Å²) in [5, 5.41) is 11.4. The predicted molar refractivity (Wildman–Crippen MR) is 96.6 cm³/mol. The largest absolute Gasteiger partial charge is 0.494 e. The van der Waals surface area contributed by atoms with Crippen molar-refractivity contribution < 1.29 is 18.8 Å². The molecular formula is C18H19FN4O4. The topological polar surface area (TPSA) is 88.8 Å². The maximum absolute atomic E-state index is 13.9. The highest BCUT2D eigenvalue weighted by molar-refractivity contribution is 5.94. The molecule has 0 saturated carbocycles. The van der Waals surface area contributed by atoms with E-state index in [4.69, 9.17) is 4.74 Å². The molecule has 9 heteroatoms. The third kappa shape index (κ3) is 3.97. The van der Waals surface area contributed by atoms with Crippen molar-refractivity contribution in [2.24, 2.45) is 0 Å². The van der Waals surface area contributed by atoms with Crippen LogP contribution >= 0.6 is 0 Å². The van der Waals surface area contributed by atoms with Gasteiger partial charge in [-0.3, -0.25) is 19.9 Å². The molecule has 142 valence electrons. The Hall–Kier alpha value is -3.23. The van der Waals surface area contributed by atoms with Gasteiger partial charge in [-0.15, -0.1) is 0 Å². The van der Waals surface area contributed by atoms with E-state index in [9.17, 15) is 19.3 Å². The number of pyridine rings is 1. The molecule has 1 aliphatic heterocycles. The summed E-state index contributed by atoms with van der Waals surface area (Å²) in [7, 11) is 1.31. The van der Waals surface area contributed by atoms with E-state index in [0.717, 1.165) is 6.07 Å². The molecule has 0 N–H and O–H groups in total. The summed E-state index contributed by atoms with van der Waals surface area (Å²) in [4.78, 5) is 30.8. The van der Waals surface area contributed by atoms with Gasteiger partial charge in [0.05, 0.1) is 18.1 Å². The van der Waals surface area contributed by atoms with E-state index in [0.29, 0.717) is 38.2 Å². The maximum Gasteiger partial charge on any atom is 0.295 e. The molecule has 2 aromatic rings. The first-order valence-corrected chi connectivity index (χ1v) is 8.47. The standard InChI is InChI=1S/C18H19FN4O4/c1-27-17-12-15(16(23(25)26)11-14(17)19)21-7-2-8-22(10-9-21)18(24)13-3-5-20-6-4-13/h3-6,11-12H,2,7-10H2,1H3. The Labute approximate surface area is 155 Å². The SMILES string of the molecule is COc1cc(N2CCCN(C(=O)c3ccncc3)CC2)c([N+](=O)[O-])cc1F. The monoisotopic (exact) mass is 374 g/mol. The van der Waals surface area contributed by atoms with E-state index >= 15 is 0 Å². The zero-order valence-corrected chi connectivity index (χ0v) is 14.8. The number of nitrogens with zero attached hydrogens (tertiary/aromatic N) is 4. The van der Waals surface area contributed by atoms with Gasteiger partial charge in [0.25, 0.3) is 11.6 Å². The van der Waals surface area contributed by atoms with Gasteiger partial charge < -0.3 is 14.5 Å². The van der Waals surface area contributed by atoms with Crippen molar-refractivity contribution in [3.05, 3.63) is 58.2 Å². The van der Waals surface area contributed by atoms with Crippen LogP contribution in [0.15, 0.2) is 36.7 Å². The maximum atomic E-state index is 13.9. The van der Waals surface area contributed by atoms with Gasteiger partial charge in [-0.1, -0.05) is 0 Å². The van der Waals surface area contributed by atoms with Crippen molar-refractivity contribution >= 4 is 17.3 Å². The number of carbonyl (C=O) groups excluding carboxylic acids is 1. The number of nitro groups is 1. The zero-order valence-electron chi connectivity index (χ0n) is 14.8. The quantitative estimate of drug-likeness (QED) is 0.603. The lowest BCUT2D eigenvalue weighted by atomic mass is 10.2. The summed E-state index contributed by atoms with van der Waals surface area (Å²) in [6, 6.07) is 5.52. The Balaban J connectivity index is 1.82. The van der Waals surface area contributed by atoms with Crippen molar-refractivity contribution in [3.8, 4) is 5.75 Å². The fourth-order valence-electron chi connectivity index (χ4n) is 3.13. The number of hydrogen-bond donors (Lipinski definition) is 0. The van der Waals surface area contributed by atoms with Crippen molar-refractivity contribution in [2.75, 3.05) is 38.2 Å². The van der Waals surface area contributed by atoms with Crippen LogP contribution in [-0.4, -0.2) is 54.0 Å². The molecule has 27 heavy (non-hydrogen) atoms. The number of carbonyl (C=O) groups is 1.